The molecular weight excluding hydrogens is 556 g/mol. The van der Waals surface area contributed by atoms with Crippen LogP contribution >= 0.6 is 0 Å². The fraction of sp³-hybridized carbons (Fsp3) is 0.516. The number of halogens is 2. The number of pyridine rings is 1. The van der Waals surface area contributed by atoms with Crippen LogP contribution in [-0.4, -0.2) is 91.7 Å². The fourth-order valence-electron chi connectivity index (χ4n) is 5.53. The zero-order chi connectivity index (χ0) is 30.2. The molecule has 0 atom stereocenters. The van der Waals surface area contributed by atoms with Gasteiger partial charge in [0, 0.05) is 30.9 Å². The second-order valence-corrected chi connectivity index (χ2v) is 11.1. The summed E-state index contributed by atoms with van der Waals surface area (Å²) in [4.78, 5) is 17.5. The van der Waals surface area contributed by atoms with Crippen molar-refractivity contribution in [2.24, 2.45) is 5.73 Å². The third-order valence-corrected chi connectivity index (χ3v) is 7.82. The largest absolute Gasteiger partial charge is 0.486 e. The van der Waals surface area contributed by atoms with E-state index >= 15 is 4.39 Å². The normalized spacial score (nSPS) is 15.9. The van der Waals surface area contributed by atoms with Crippen molar-refractivity contribution in [3.63, 3.8) is 0 Å². The first-order valence-electron chi connectivity index (χ1n) is 15.0. The molecule has 3 N–H and O–H groups in total. The number of nitrogens with one attached hydrogen (secondary N) is 1. The number of rotatable bonds is 13. The number of fused-ring (bicyclic) bond motifs is 1. The molecule has 232 valence electrons. The van der Waals surface area contributed by atoms with Crippen molar-refractivity contribution in [1.82, 2.24) is 19.9 Å². The number of nitrogens with zero attached hydrogens (tertiary/aromatic N) is 5. The summed E-state index contributed by atoms with van der Waals surface area (Å²) in [5.74, 6) is 0.142. The van der Waals surface area contributed by atoms with E-state index in [1.807, 2.05) is 31.0 Å². The zero-order valence-corrected chi connectivity index (χ0v) is 24.9. The highest BCUT2D eigenvalue weighted by atomic mass is 19.1. The molecule has 4 heterocycles. The van der Waals surface area contributed by atoms with Gasteiger partial charge in [0.1, 0.15) is 18.1 Å². The average Bonchev–Trinajstić information content (AvgIpc) is 3.02. The van der Waals surface area contributed by atoms with Crippen LogP contribution in [0.2, 0.25) is 0 Å². The lowest BCUT2D eigenvalue weighted by molar-refractivity contribution is 0.0383. The highest BCUT2D eigenvalue weighted by Gasteiger charge is 2.26. The van der Waals surface area contributed by atoms with Crippen molar-refractivity contribution in [1.29, 1.82) is 0 Å². The Bertz CT molecular complexity index is 1340. The number of piperidine rings is 1. The number of hydrogen-bond donors (Lipinski definition) is 2. The second kappa shape index (κ2) is 14.8. The van der Waals surface area contributed by atoms with Gasteiger partial charge in [0.2, 0.25) is 5.95 Å². The Balaban J connectivity index is 1.17. The van der Waals surface area contributed by atoms with Crippen LogP contribution in [0.3, 0.4) is 0 Å². The Morgan fingerprint density at radius 3 is 2.51 bits per heavy atom. The summed E-state index contributed by atoms with van der Waals surface area (Å²) in [5, 5.41) is 3.06. The lowest BCUT2D eigenvalue weighted by Crippen LogP contribution is -2.38. The number of anilines is 3. The maximum Gasteiger partial charge on any atom is 0.229 e. The number of aromatic nitrogens is 3. The molecule has 12 heteroatoms. The van der Waals surface area contributed by atoms with Crippen LogP contribution < -0.4 is 20.7 Å². The summed E-state index contributed by atoms with van der Waals surface area (Å²) < 4.78 is 46.4. The second-order valence-electron chi connectivity index (χ2n) is 11.1. The molecule has 0 radical (unpaired) electrons. The van der Waals surface area contributed by atoms with E-state index in [-0.39, 0.29) is 23.4 Å². The number of benzene rings is 1. The molecule has 0 aliphatic carbocycles. The molecule has 0 spiro atoms. The van der Waals surface area contributed by atoms with Gasteiger partial charge in [0.25, 0.3) is 0 Å². The summed E-state index contributed by atoms with van der Waals surface area (Å²) >= 11 is 0. The SMILES string of the molecule is CC(C)N1CCOc2c(F)cc(-c3nc(Nc4ccc(C5CCN(CCOCCOCCN)CC5)cn4)ncc3F)cc21. The maximum absolute atomic E-state index is 15.0. The van der Waals surface area contributed by atoms with E-state index in [0.717, 1.165) is 38.7 Å². The Labute approximate surface area is 251 Å². The molecule has 3 aromatic rings. The molecule has 1 fully saturated rings. The van der Waals surface area contributed by atoms with E-state index < -0.39 is 11.6 Å². The van der Waals surface area contributed by atoms with Gasteiger partial charge in [-0.15, -0.1) is 0 Å². The molecule has 2 aliphatic heterocycles. The Hall–Kier alpha value is -3.45. The van der Waals surface area contributed by atoms with E-state index in [2.05, 4.69) is 31.2 Å². The minimum absolute atomic E-state index is 0.00203. The van der Waals surface area contributed by atoms with Crippen molar-refractivity contribution in [3.8, 4) is 17.0 Å². The van der Waals surface area contributed by atoms with Gasteiger partial charge in [-0.1, -0.05) is 6.07 Å². The Morgan fingerprint density at radius 2 is 1.79 bits per heavy atom. The van der Waals surface area contributed by atoms with Crippen LogP contribution in [0.15, 0.2) is 36.7 Å². The van der Waals surface area contributed by atoms with Crippen molar-refractivity contribution in [2.45, 2.75) is 38.6 Å². The maximum atomic E-state index is 15.0. The van der Waals surface area contributed by atoms with Crippen LogP contribution in [0, 0.1) is 11.6 Å². The first kappa shape index (κ1) is 31.0. The number of nitrogens with two attached hydrogens (primary N) is 1. The first-order valence-corrected chi connectivity index (χ1v) is 15.0. The van der Waals surface area contributed by atoms with E-state index in [1.165, 1.54) is 11.6 Å². The van der Waals surface area contributed by atoms with Gasteiger partial charge in [0.05, 0.1) is 44.9 Å². The molecular formula is C31H41F2N7O3. The minimum atomic E-state index is -0.643. The molecule has 1 saturated heterocycles. The fourth-order valence-corrected chi connectivity index (χ4v) is 5.53. The van der Waals surface area contributed by atoms with E-state index in [4.69, 9.17) is 19.9 Å². The standard InChI is InChI=1S/C31H41F2N7O3/c1-21(2)40-11-14-43-30-25(32)17-24(18-27(30)40)29-26(33)20-36-31(38-29)37-28-4-3-23(19-35-28)22-5-8-39(9-6-22)10-13-42-16-15-41-12-7-34/h3-4,17-22H,5-16,34H2,1-2H3,(H,35,36,37,38). The third kappa shape index (κ3) is 7.94. The summed E-state index contributed by atoms with van der Waals surface area (Å²) in [7, 11) is 0. The van der Waals surface area contributed by atoms with E-state index in [0.29, 0.717) is 69.1 Å². The monoisotopic (exact) mass is 597 g/mol. The predicted molar refractivity (Wildman–Crippen MR) is 162 cm³/mol. The van der Waals surface area contributed by atoms with Crippen molar-refractivity contribution >= 4 is 17.5 Å². The molecule has 0 amide bonds. The lowest BCUT2D eigenvalue weighted by atomic mass is 9.90. The Kier molecular flexibility index (Phi) is 10.7. The molecule has 1 aromatic carbocycles. The van der Waals surface area contributed by atoms with Gasteiger partial charge in [0.15, 0.2) is 17.4 Å². The van der Waals surface area contributed by atoms with Crippen molar-refractivity contribution < 1.29 is 23.0 Å². The summed E-state index contributed by atoms with van der Waals surface area (Å²) in [5.41, 5.74) is 7.49. The molecule has 0 saturated carbocycles. The molecule has 2 aromatic heterocycles. The number of hydrogen-bond acceptors (Lipinski definition) is 10. The molecule has 2 aliphatic rings. The molecule has 43 heavy (non-hydrogen) atoms. The summed E-state index contributed by atoms with van der Waals surface area (Å²) in [6.45, 7) is 10.9. The quantitative estimate of drug-likeness (QED) is 0.276. The van der Waals surface area contributed by atoms with Crippen LogP contribution in [0.5, 0.6) is 5.75 Å². The van der Waals surface area contributed by atoms with Gasteiger partial charge in [-0.25, -0.2) is 23.7 Å². The lowest BCUT2D eigenvalue weighted by Gasteiger charge is -2.34. The van der Waals surface area contributed by atoms with Gasteiger partial charge in [-0.05, 0) is 69.5 Å². The molecule has 10 nitrogen and oxygen atoms in total. The van der Waals surface area contributed by atoms with Crippen LogP contribution in [0.25, 0.3) is 11.3 Å². The highest BCUT2D eigenvalue weighted by Crippen LogP contribution is 2.39. The van der Waals surface area contributed by atoms with Gasteiger partial charge < -0.3 is 35.1 Å². The summed E-state index contributed by atoms with van der Waals surface area (Å²) in [6, 6.07) is 7.04. The first-order chi connectivity index (χ1) is 20.9. The number of ether oxygens (including phenoxy) is 3. The minimum Gasteiger partial charge on any atom is -0.486 e. The van der Waals surface area contributed by atoms with Gasteiger partial charge in [-0.3, -0.25) is 0 Å². The summed E-state index contributed by atoms with van der Waals surface area (Å²) in [6.07, 6.45) is 5.06. The van der Waals surface area contributed by atoms with Crippen molar-refractivity contribution in [3.05, 3.63) is 53.9 Å². The topological polar surface area (TPSA) is 111 Å². The van der Waals surface area contributed by atoms with Crippen LogP contribution in [0.1, 0.15) is 38.2 Å². The van der Waals surface area contributed by atoms with E-state index in [9.17, 15) is 4.39 Å². The average molecular weight is 598 g/mol. The van der Waals surface area contributed by atoms with Crippen LogP contribution in [0.4, 0.5) is 26.2 Å². The molecule has 0 unspecified atom stereocenters. The van der Waals surface area contributed by atoms with Gasteiger partial charge in [-0.2, -0.15) is 0 Å². The molecule has 5 rings (SSSR count). The van der Waals surface area contributed by atoms with E-state index in [1.54, 1.807) is 6.07 Å². The zero-order valence-electron chi connectivity index (χ0n) is 24.9. The smallest absolute Gasteiger partial charge is 0.229 e. The highest BCUT2D eigenvalue weighted by molar-refractivity contribution is 5.73. The number of likely N-dealkylation sites (tertiary alicyclic amines) is 1. The third-order valence-electron chi connectivity index (χ3n) is 7.82. The molecule has 0 bridgehead atoms. The Morgan fingerprint density at radius 1 is 1.00 bits per heavy atom. The van der Waals surface area contributed by atoms with Gasteiger partial charge >= 0.3 is 0 Å². The van der Waals surface area contributed by atoms with Crippen molar-refractivity contribution in [2.75, 3.05) is 76.0 Å². The predicted octanol–water partition coefficient (Wildman–Crippen LogP) is 4.34. The van der Waals surface area contributed by atoms with Crippen LogP contribution in [-0.2, 0) is 9.47 Å².